The number of ether oxygens (including phenoxy) is 1. The highest BCUT2D eigenvalue weighted by Gasteiger charge is 2.20. The Kier molecular flexibility index (Phi) is 5.50. The summed E-state index contributed by atoms with van der Waals surface area (Å²) >= 11 is 1.48. The van der Waals surface area contributed by atoms with E-state index in [9.17, 15) is 4.79 Å². The summed E-state index contributed by atoms with van der Waals surface area (Å²) in [5, 5.41) is 11.3. The summed E-state index contributed by atoms with van der Waals surface area (Å²) in [5.74, 6) is -0.209. The lowest BCUT2D eigenvalue weighted by atomic mass is 10.1. The number of carbonyl (C=O) groups excluding carboxylic acids is 1. The van der Waals surface area contributed by atoms with Crippen molar-refractivity contribution < 1.29 is 9.53 Å². The zero-order chi connectivity index (χ0) is 15.6. The molecule has 2 aromatic heterocycles. The van der Waals surface area contributed by atoms with Gasteiger partial charge in [0, 0.05) is 19.2 Å². The molecule has 2 aliphatic heterocycles. The lowest BCUT2D eigenvalue weighted by Crippen LogP contribution is -2.32. The molecule has 2 aliphatic rings. The maximum absolute atomic E-state index is 12.4. The summed E-state index contributed by atoms with van der Waals surface area (Å²) in [5.41, 5.74) is 1.47. The predicted molar refractivity (Wildman–Crippen MR) is 94.0 cm³/mol. The van der Waals surface area contributed by atoms with Gasteiger partial charge in [0.2, 0.25) is 0 Å². The largest absolute Gasteiger partial charge is 0.375 e. The minimum Gasteiger partial charge on any atom is -0.375 e. The predicted octanol–water partition coefficient (Wildman–Crippen LogP) is 2.01. The molecule has 0 spiro atoms. The minimum atomic E-state index is -0.209. The third-order valence-electron chi connectivity index (χ3n) is 4.20. The first-order chi connectivity index (χ1) is 11.3. The lowest BCUT2D eigenvalue weighted by molar-refractivity contribution is 0.102. The molecular formula is C15H20ClN5O2S. The van der Waals surface area contributed by atoms with Crippen LogP contribution >= 0.6 is 23.7 Å². The normalized spacial score (nSPS) is 20.1. The number of thiazole rings is 1. The Labute approximate surface area is 150 Å². The van der Waals surface area contributed by atoms with E-state index in [1.165, 1.54) is 11.3 Å². The molecular weight excluding hydrogens is 350 g/mol. The van der Waals surface area contributed by atoms with E-state index in [0.29, 0.717) is 30.1 Å². The third kappa shape index (κ3) is 3.61. The molecule has 4 rings (SSSR count). The number of amides is 1. The number of nitrogens with one attached hydrogen (secondary N) is 2. The average Bonchev–Trinajstić information content (AvgIpc) is 3.22. The van der Waals surface area contributed by atoms with E-state index >= 15 is 0 Å². The molecule has 1 saturated heterocycles. The molecule has 0 radical (unpaired) electrons. The SMILES string of the molecule is Cl.O=C(Nc1nc2c(s1)COCC2)c1ccn(C2CCCNC2)n1. The number of halogens is 1. The number of aromatic nitrogens is 3. The van der Waals surface area contributed by atoms with Crippen molar-refractivity contribution in [1.29, 1.82) is 0 Å². The van der Waals surface area contributed by atoms with E-state index in [4.69, 9.17) is 4.74 Å². The smallest absolute Gasteiger partial charge is 0.277 e. The van der Waals surface area contributed by atoms with Crippen LogP contribution in [0.1, 0.15) is 39.9 Å². The summed E-state index contributed by atoms with van der Waals surface area (Å²) < 4.78 is 7.30. The van der Waals surface area contributed by atoms with Crippen LogP contribution in [0.4, 0.5) is 5.13 Å². The summed E-state index contributed by atoms with van der Waals surface area (Å²) in [7, 11) is 0. The van der Waals surface area contributed by atoms with Crippen molar-refractivity contribution in [3.63, 3.8) is 0 Å². The van der Waals surface area contributed by atoms with Crippen LogP contribution in [0.3, 0.4) is 0 Å². The second kappa shape index (κ2) is 7.60. The molecule has 0 bridgehead atoms. The lowest BCUT2D eigenvalue weighted by Gasteiger charge is -2.22. The molecule has 0 saturated carbocycles. The first-order valence-corrected chi connectivity index (χ1v) is 8.75. The topological polar surface area (TPSA) is 81.1 Å². The zero-order valence-electron chi connectivity index (χ0n) is 13.2. The Morgan fingerprint density at radius 2 is 2.42 bits per heavy atom. The van der Waals surface area contributed by atoms with Crippen LogP contribution in [0.25, 0.3) is 0 Å². The molecule has 24 heavy (non-hydrogen) atoms. The molecule has 9 heteroatoms. The van der Waals surface area contributed by atoms with Gasteiger partial charge in [0.25, 0.3) is 5.91 Å². The number of nitrogens with zero attached hydrogens (tertiary/aromatic N) is 3. The Hall–Kier alpha value is -1.48. The van der Waals surface area contributed by atoms with Gasteiger partial charge in [-0.25, -0.2) is 4.98 Å². The van der Waals surface area contributed by atoms with Gasteiger partial charge in [-0.05, 0) is 25.5 Å². The fraction of sp³-hybridized carbons (Fsp3) is 0.533. The van der Waals surface area contributed by atoms with Gasteiger partial charge in [0.15, 0.2) is 10.8 Å². The van der Waals surface area contributed by atoms with E-state index < -0.39 is 0 Å². The number of carbonyl (C=O) groups is 1. The molecule has 1 atom stereocenters. The van der Waals surface area contributed by atoms with Crippen molar-refractivity contribution in [3.8, 4) is 0 Å². The summed E-state index contributed by atoms with van der Waals surface area (Å²) in [4.78, 5) is 17.9. The Bertz CT molecular complexity index is 687. The Morgan fingerprint density at radius 3 is 3.21 bits per heavy atom. The van der Waals surface area contributed by atoms with Crippen LogP contribution in [0.5, 0.6) is 0 Å². The molecule has 1 unspecified atom stereocenters. The number of fused-ring (bicyclic) bond motifs is 1. The van der Waals surface area contributed by atoms with Gasteiger partial charge in [0.05, 0.1) is 29.8 Å². The molecule has 130 valence electrons. The molecule has 7 nitrogen and oxygen atoms in total. The summed E-state index contributed by atoms with van der Waals surface area (Å²) in [6, 6.07) is 2.09. The highest BCUT2D eigenvalue weighted by molar-refractivity contribution is 7.15. The highest BCUT2D eigenvalue weighted by atomic mass is 35.5. The fourth-order valence-corrected chi connectivity index (χ4v) is 3.90. The van der Waals surface area contributed by atoms with E-state index in [1.54, 1.807) is 6.07 Å². The van der Waals surface area contributed by atoms with Crippen molar-refractivity contribution in [2.24, 2.45) is 0 Å². The van der Waals surface area contributed by atoms with E-state index in [2.05, 4.69) is 20.7 Å². The van der Waals surface area contributed by atoms with Crippen LogP contribution < -0.4 is 10.6 Å². The van der Waals surface area contributed by atoms with Crippen LogP contribution in [-0.2, 0) is 17.8 Å². The highest BCUT2D eigenvalue weighted by Crippen LogP contribution is 2.27. The molecule has 4 heterocycles. The third-order valence-corrected chi connectivity index (χ3v) is 5.19. The van der Waals surface area contributed by atoms with Crippen LogP contribution in [0, 0.1) is 0 Å². The Balaban J connectivity index is 0.00000169. The van der Waals surface area contributed by atoms with Gasteiger partial charge in [-0.2, -0.15) is 5.10 Å². The van der Waals surface area contributed by atoms with Crippen LogP contribution in [-0.4, -0.2) is 40.4 Å². The zero-order valence-corrected chi connectivity index (χ0v) is 14.8. The molecule has 1 amide bonds. The molecule has 2 aromatic rings. The molecule has 1 fully saturated rings. The van der Waals surface area contributed by atoms with Crippen molar-refractivity contribution in [1.82, 2.24) is 20.1 Å². The van der Waals surface area contributed by atoms with Gasteiger partial charge < -0.3 is 10.1 Å². The molecule has 0 aromatic carbocycles. The van der Waals surface area contributed by atoms with Crippen molar-refractivity contribution in [3.05, 3.63) is 28.5 Å². The van der Waals surface area contributed by atoms with Crippen molar-refractivity contribution >= 4 is 34.8 Å². The standard InChI is InChI=1S/C15H19N5O2S.ClH/c21-14(18-15-17-11-4-7-22-9-13(11)23-15)12-3-6-20(19-12)10-2-1-5-16-8-10;/h3,6,10,16H,1-2,4-5,7-9H2,(H,17,18,21);1H. The van der Waals surface area contributed by atoms with E-state index in [-0.39, 0.29) is 18.3 Å². The van der Waals surface area contributed by atoms with Gasteiger partial charge in [-0.3, -0.25) is 14.8 Å². The first kappa shape index (κ1) is 17.3. The second-order valence-corrected chi connectivity index (χ2v) is 6.91. The van der Waals surface area contributed by atoms with E-state index in [1.807, 2.05) is 10.9 Å². The number of hydrogen-bond donors (Lipinski definition) is 2. The van der Waals surface area contributed by atoms with Gasteiger partial charge in [-0.1, -0.05) is 11.3 Å². The second-order valence-electron chi connectivity index (χ2n) is 5.83. The number of piperidine rings is 1. The van der Waals surface area contributed by atoms with Crippen LogP contribution in [0.15, 0.2) is 12.3 Å². The summed E-state index contributed by atoms with van der Waals surface area (Å²) in [6.07, 6.45) is 4.92. The van der Waals surface area contributed by atoms with Gasteiger partial charge in [0.1, 0.15) is 0 Å². The average molecular weight is 370 g/mol. The van der Waals surface area contributed by atoms with E-state index in [0.717, 1.165) is 42.9 Å². The first-order valence-electron chi connectivity index (χ1n) is 7.93. The number of anilines is 1. The minimum absolute atomic E-state index is 0. The molecule has 2 N–H and O–H groups in total. The quantitative estimate of drug-likeness (QED) is 0.865. The van der Waals surface area contributed by atoms with Gasteiger partial charge in [-0.15, -0.1) is 12.4 Å². The summed E-state index contributed by atoms with van der Waals surface area (Å²) in [6.45, 7) is 3.25. The van der Waals surface area contributed by atoms with Crippen LogP contribution in [0.2, 0.25) is 0 Å². The maximum atomic E-state index is 12.4. The maximum Gasteiger partial charge on any atom is 0.277 e. The van der Waals surface area contributed by atoms with Crippen molar-refractivity contribution in [2.75, 3.05) is 25.0 Å². The number of hydrogen-bond acceptors (Lipinski definition) is 6. The Morgan fingerprint density at radius 1 is 1.50 bits per heavy atom. The van der Waals surface area contributed by atoms with Gasteiger partial charge >= 0.3 is 0 Å². The molecule has 0 aliphatic carbocycles. The van der Waals surface area contributed by atoms with Crippen molar-refractivity contribution in [2.45, 2.75) is 31.9 Å². The fourth-order valence-electron chi connectivity index (χ4n) is 2.96. The monoisotopic (exact) mass is 369 g/mol. The number of rotatable bonds is 3.